The van der Waals surface area contributed by atoms with Crippen LogP contribution in [0.25, 0.3) is 0 Å². The molecule has 0 radical (unpaired) electrons. The Morgan fingerprint density at radius 2 is 2.11 bits per heavy atom. The van der Waals surface area contributed by atoms with Gasteiger partial charge in [-0.3, -0.25) is 9.89 Å². The summed E-state index contributed by atoms with van der Waals surface area (Å²) in [6.45, 7) is 3.62. The molecule has 0 unspecified atom stereocenters. The van der Waals surface area contributed by atoms with Crippen molar-refractivity contribution in [3.8, 4) is 0 Å². The Morgan fingerprint density at radius 3 is 2.79 bits per heavy atom. The van der Waals surface area contributed by atoms with E-state index in [0.717, 1.165) is 10.2 Å². The van der Waals surface area contributed by atoms with Crippen molar-refractivity contribution in [2.45, 2.75) is 19.8 Å². The maximum Gasteiger partial charge on any atom is 0.296 e. The molecule has 0 bridgehead atoms. The summed E-state index contributed by atoms with van der Waals surface area (Å²) in [5.74, 6) is 0.0935. The minimum Gasteiger partial charge on any atom is -0.265 e. The van der Waals surface area contributed by atoms with E-state index in [1.165, 1.54) is 0 Å². The second kappa shape index (κ2) is 5.71. The Labute approximate surface area is 115 Å². The van der Waals surface area contributed by atoms with Gasteiger partial charge in [0.05, 0.1) is 0 Å². The number of aromatic nitrogens is 3. The van der Waals surface area contributed by atoms with Gasteiger partial charge in [0.15, 0.2) is 0 Å². The van der Waals surface area contributed by atoms with Gasteiger partial charge < -0.3 is 0 Å². The number of H-pyrrole nitrogens is 1. The molecule has 0 amide bonds. The zero-order valence-corrected chi connectivity index (χ0v) is 11.5. The molecule has 1 N–H and O–H groups in total. The van der Waals surface area contributed by atoms with Crippen LogP contribution in [0.1, 0.15) is 24.1 Å². The fourth-order valence-electron chi connectivity index (χ4n) is 1.59. The highest BCUT2D eigenvalue weighted by Crippen LogP contribution is 2.11. The number of rotatable bonds is 3. The van der Waals surface area contributed by atoms with Crippen molar-refractivity contribution in [2.75, 3.05) is 0 Å². The Balaban J connectivity index is 2.32. The second-order valence-electron chi connectivity index (χ2n) is 4.20. The normalized spacial score (nSPS) is 12.7. The summed E-state index contributed by atoms with van der Waals surface area (Å²) in [6.07, 6.45) is 1.69. The summed E-state index contributed by atoms with van der Waals surface area (Å²) < 4.78 is 1.34. The third-order valence-electron chi connectivity index (χ3n) is 2.74. The minimum absolute atomic E-state index is 0.0935. The third kappa shape index (κ3) is 3.03. The highest BCUT2D eigenvalue weighted by atomic mass is 32.1. The molecule has 0 aliphatic rings. The van der Waals surface area contributed by atoms with Crippen LogP contribution in [0.3, 0.4) is 0 Å². The van der Waals surface area contributed by atoms with E-state index in [1.54, 1.807) is 13.1 Å². The molecule has 1 heterocycles. The summed E-state index contributed by atoms with van der Waals surface area (Å²) in [7, 11) is 0. The van der Waals surface area contributed by atoms with Gasteiger partial charge in [0.1, 0.15) is 5.69 Å². The number of aryl methyl sites for hydroxylation is 1. The highest BCUT2D eigenvalue weighted by molar-refractivity contribution is 7.71. The van der Waals surface area contributed by atoms with Gasteiger partial charge in [0.2, 0.25) is 4.77 Å². The first kappa shape index (κ1) is 13.4. The van der Waals surface area contributed by atoms with E-state index in [2.05, 4.69) is 15.3 Å². The van der Waals surface area contributed by atoms with Crippen molar-refractivity contribution in [3.63, 3.8) is 0 Å². The van der Waals surface area contributed by atoms with E-state index in [1.807, 2.05) is 37.3 Å². The minimum atomic E-state index is -0.305. The van der Waals surface area contributed by atoms with Crippen LogP contribution >= 0.6 is 12.2 Å². The van der Waals surface area contributed by atoms with Crippen molar-refractivity contribution in [1.82, 2.24) is 14.9 Å². The molecule has 98 valence electrons. The number of hydrogen-bond donors (Lipinski definition) is 1. The zero-order chi connectivity index (χ0) is 13.8. The standard InChI is InChI=1S/C13H14N4OS/c1-9(11-6-4-3-5-7-11)8-14-17-12(18)10(2)15-16-13(17)19/h3-9H,1-2H3,(H,16,19)/b14-8-/t9-/m1/s1. The van der Waals surface area contributed by atoms with Crippen LogP contribution in [-0.4, -0.2) is 21.1 Å². The monoisotopic (exact) mass is 274 g/mol. The molecule has 2 aromatic rings. The highest BCUT2D eigenvalue weighted by Gasteiger charge is 2.03. The predicted molar refractivity (Wildman–Crippen MR) is 77.2 cm³/mol. The number of nitrogens with one attached hydrogen (secondary N) is 1. The van der Waals surface area contributed by atoms with Gasteiger partial charge in [-0.25, -0.2) is 0 Å². The van der Waals surface area contributed by atoms with Crippen LogP contribution in [0.15, 0.2) is 40.2 Å². The first-order chi connectivity index (χ1) is 9.09. The van der Waals surface area contributed by atoms with Gasteiger partial charge in [-0.15, -0.1) is 0 Å². The van der Waals surface area contributed by atoms with Crippen molar-refractivity contribution in [3.05, 3.63) is 56.7 Å². The molecule has 1 atom stereocenters. The van der Waals surface area contributed by atoms with E-state index in [4.69, 9.17) is 12.2 Å². The Morgan fingerprint density at radius 1 is 1.42 bits per heavy atom. The lowest BCUT2D eigenvalue weighted by Crippen LogP contribution is -2.22. The lowest BCUT2D eigenvalue weighted by Gasteiger charge is -2.05. The van der Waals surface area contributed by atoms with E-state index in [9.17, 15) is 4.79 Å². The molecular weight excluding hydrogens is 260 g/mol. The Kier molecular flexibility index (Phi) is 4.01. The molecular formula is C13H14N4OS. The number of aromatic amines is 1. The van der Waals surface area contributed by atoms with Crippen LogP contribution in [0.2, 0.25) is 0 Å². The summed E-state index contributed by atoms with van der Waals surface area (Å²) in [5.41, 5.74) is 1.15. The van der Waals surface area contributed by atoms with Crippen LogP contribution in [0.5, 0.6) is 0 Å². The molecule has 2 rings (SSSR count). The van der Waals surface area contributed by atoms with E-state index >= 15 is 0 Å². The molecule has 0 saturated heterocycles. The fraction of sp³-hybridized carbons (Fsp3) is 0.231. The van der Waals surface area contributed by atoms with E-state index in [0.29, 0.717) is 5.69 Å². The maximum absolute atomic E-state index is 11.8. The van der Waals surface area contributed by atoms with Crippen molar-refractivity contribution in [2.24, 2.45) is 5.10 Å². The summed E-state index contributed by atoms with van der Waals surface area (Å²) in [4.78, 5) is 11.8. The third-order valence-corrected chi connectivity index (χ3v) is 3.01. The molecule has 0 aliphatic heterocycles. The quantitative estimate of drug-likeness (QED) is 0.689. The lowest BCUT2D eigenvalue weighted by atomic mass is 10.0. The molecule has 1 aromatic carbocycles. The molecule has 0 saturated carbocycles. The molecule has 6 heteroatoms. The van der Waals surface area contributed by atoms with Gasteiger partial charge in [0, 0.05) is 12.1 Å². The molecule has 0 spiro atoms. The SMILES string of the molecule is Cc1n[nH]c(=S)n(/N=C\[C@@H](C)c2ccccc2)c1=O. The average molecular weight is 274 g/mol. The summed E-state index contributed by atoms with van der Waals surface area (Å²) in [6, 6.07) is 9.92. The topological polar surface area (TPSA) is 63.0 Å². The van der Waals surface area contributed by atoms with Crippen molar-refractivity contribution >= 4 is 18.4 Å². The molecule has 0 fully saturated rings. The first-order valence-electron chi connectivity index (χ1n) is 5.87. The Hall–Kier alpha value is -2.08. The lowest BCUT2D eigenvalue weighted by molar-refractivity contribution is 0.716. The van der Waals surface area contributed by atoms with Gasteiger partial charge in [-0.05, 0) is 24.7 Å². The van der Waals surface area contributed by atoms with Crippen LogP contribution in [0.4, 0.5) is 0 Å². The number of hydrogen-bond acceptors (Lipinski definition) is 4. The largest absolute Gasteiger partial charge is 0.296 e. The van der Waals surface area contributed by atoms with Gasteiger partial charge in [0.25, 0.3) is 5.56 Å². The van der Waals surface area contributed by atoms with E-state index < -0.39 is 0 Å². The smallest absolute Gasteiger partial charge is 0.265 e. The number of benzene rings is 1. The van der Waals surface area contributed by atoms with Crippen LogP contribution in [-0.2, 0) is 0 Å². The fourth-order valence-corrected chi connectivity index (χ4v) is 1.76. The van der Waals surface area contributed by atoms with Gasteiger partial charge >= 0.3 is 0 Å². The summed E-state index contributed by atoms with van der Waals surface area (Å²) >= 11 is 5.00. The predicted octanol–water partition coefficient (Wildman–Crippen LogP) is 2.25. The maximum atomic E-state index is 11.8. The second-order valence-corrected chi connectivity index (χ2v) is 4.58. The molecule has 5 nitrogen and oxygen atoms in total. The van der Waals surface area contributed by atoms with Crippen molar-refractivity contribution in [1.29, 1.82) is 0 Å². The van der Waals surface area contributed by atoms with Gasteiger partial charge in [-0.1, -0.05) is 37.3 Å². The zero-order valence-electron chi connectivity index (χ0n) is 10.7. The molecule has 1 aromatic heterocycles. The average Bonchev–Trinajstić information content (AvgIpc) is 2.44. The first-order valence-corrected chi connectivity index (χ1v) is 6.28. The van der Waals surface area contributed by atoms with E-state index in [-0.39, 0.29) is 16.2 Å². The van der Waals surface area contributed by atoms with Crippen LogP contribution < -0.4 is 5.56 Å². The summed E-state index contributed by atoms with van der Waals surface area (Å²) in [5, 5.41) is 10.5. The Bertz CT molecular complexity index is 703. The van der Waals surface area contributed by atoms with Crippen molar-refractivity contribution < 1.29 is 0 Å². The molecule has 19 heavy (non-hydrogen) atoms. The van der Waals surface area contributed by atoms with Gasteiger partial charge in [-0.2, -0.15) is 14.9 Å². The molecule has 0 aliphatic carbocycles. The number of nitrogens with zero attached hydrogens (tertiary/aromatic N) is 3. The van der Waals surface area contributed by atoms with Crippen LogP contribution in [0, 0.1) is 11.7 Å².